The molecule has 1 atom stereocenters. The minimum Gasteiger partial charge on any atom is -0.392 e. The Kier molecular flexibility index (Phi) is 5.50. The van der Waals surface area contributed by atoms with Crippen LogP contribution in [0.25, 0.3) is 11.5 Å². The van der Waals surface area contributed by atoms with Crippen molar-refractivity contribution in [3.05, 3.63) is 30.3 Å². The van der Waals surface area contributed by atoms with Gasteiger partial charge in [-0.05, 0) is 31.5 Å². The predicted molar refractivity (Wildman–Crippen MR) is 85.9 cm³/mol. The number of pyridine rings is 1. The van der Waals surface area contributed by atoms with Crippen molar-refractivity contribution in [1.29, 1.82) is 0 Å². The highest BCUT2D eigenvalue weighted by molar-refractivity contribution is 5.78. The molecule has 1 saturated heterocycles. The van der Waals surface area contributed by atoms with E-state index in [1.165, 1.54) is 0 Å². The second-order valence-corrected chi connectivity index (χ2v) is 5.86. The van der Waals surface area contributed by atoms with E-state index in [1.54, 1.807) is 6.20 Å². The first-order valence-corrected chi connectivity index (χ1v) is 8.12. The van der Waals surface area contributed by atoms with Crippen LogP contribution in [0.15, 0.2) is 28.9 Å². The van der Waals surface area contributed by atoms with Gasteiger partial charge < -0.3 is 14.9 Å². The largest absolute Gasteiger partial charge is 0.392 e. The van der Waals surface area contributed by atoms with Crippen molar-refractivity contribution < 1.29 is 14.4 Å². The van der Waals surface area contributed by atoms with Crippen LogP contribution in [0.1, 0.15) is 18.7 Å². The Bertz CT molecular complexity index is 661. The van der Waals surface area contributed by atoms with E-state index in [0.29, 0.717) is 43.5 Å². The Morgan fingerprint density at radius 2 is 2.38 bits per heavy atom. The molecule has 1 aliphatic rings. The van der Waals surface area contributed by atoms with Crippen LogP contribution in [0.2, 0.25) is 0 Å². The van der Waals surface area contributed by atoms with Crippen molar-refractivity contribution >= 4 is 5.91 Å². The summed E-state index contributed by atoms with van der Waals surface area (Å²) in [6, 6.07) is 5.49. The van der Waals surface area contributed by atoms with Gasteiger partial charge in [0.2, 0.25) is 17.6 Å². The third kappa shape index (κ3) is 4.59. The van der Waals surface area contributed by atoms with Gasteiger partial charge in [0.1, 0.15) is 5.69 Å². The van der Waals surface area contributed by atoms with E-state index in [2.05, 4.69) is 20.4 Å². The van der Waals surface area contributed by atoms with Crippen molar-refractivity contribution in [3.63, 3.8) is 0 Å². The third-order valence-electron chi connectivity index (χ3n) is 3.87. The molecule has 0 radical (unpaired) electrons. The van der Waals surface area contributed by atoms with Gasteiger partial charge in [-0.3, -0.25) is 14.7 Å². The second-order valence-electron chi connectivity index (χ2n) is 5.86. The van der Waals surface area contributed by atoms with Gasteiger partial charge in [-0.15, -0.1) is 0 Å². The SMILES string of the molecule is O=C(CN1CCC[C@@H](O)C1)NCCc1nc(-c2ccccn2)no1. The third-order valence-corrected chi connectivity index (χ3v) is 3.87. The van der Waals surface area contributed by atoms with Gasteiger partial charge in [0.05, 0.1) is 12.6 Å². The number of aromatic nitrogens is 3. The fraction of sp³-hybridized carbons (Fsp3) is 0.500. The summed E-state index contributed by atoms with van der Waals surface area (Å²) in [7, 11) is 0. The fourth-order valence-electron chi connectivity index (χ4n) is 2.70. The van der Waals surface area contributed by atoms with Gasteiger partial charge in [-0.1, -0.05) is 11.2 Å². The number of nitrogens with zero attached hydrogens (tertiary/aromatic N) is 4. The van der Waals surface area contributed by atoms with E-state index < -0.39 is 0 Å². The highest BCUT2D eigenvalue weighted by Gasteiger charge is 2.19. The number of β-amino-alcohol motifs (C(OH)–C–C–N with tert-alkyl or cyclic N) is 1. The number of hydrogen-bond acceptors (Lipinski definition) is 7. The predicted octanol–water partition coefficient (Wildman–Crippen LogP) is 0.247. The summed E-state index contributed by atoms with van der Waals surface area (Å²) in [6.07, 6.45) is 3.55. The molecule has 2 N–H and O–H groups in total. The molecule has 0 bridgehead atoms. The monoisotopic (exact) mass is 331 g/mol. The zero-order valence-electron chi connectivity index (χ0n) is 13.4. The van der Waals surface area contributed by atoms with Gasteiger partial charge in [0.15, 0.2) is 0 Å². The van der Waals surface area contributed by atoms with Crippen molar-refractivity contribution in [2.45, 2.75) is 25.4 Å². The molecule has 2 aromatic rings. The lowest BCUT2D eigenvalue weighted by Gasteiger charge is -2.29. The zero-order valence-corrected chi connectivity index (χ0v) is 13.4. The molecule has 1 aliphatic heterocycles. The summed E-state index contributed by atoms with van der Waals surface area (Å²) in [5.41, 5.74) is 0.653. The van der Waals surface area contributed by atoms with Gasteiger partial charge >= 0.3 is 0 Å². The summed E-state index contributed by atoms with van der Waals surface area (Å²) < 4.78 is 5.17. The molecule has 8 nitrogen and oxygen atoms in total. The maximum Gasteiger partial charge on any atom is 0.234 e. The first-order valence-electron chi connectivity index (χ1n) is 8.12. The van der Waals surface area contributed by atoms with Crippen molar-refractivity contribution in [3.8, 4) is 11.5 Å². The summed E-state index contributed by atoms with van der Waals surface area (Å²) >= 11 is 0. The van der Waals surface area contributed by atoms with Gasteiger partial charge in [0.25, 0.3) is 0 Å². The molecule has 3 heterocycles. The number of carbonyl (C=O) groups is 1. The van der Waals surface area contributed by atoms with Crippen molar-refractivity contribution in [2.24, 2.45) is 0 Å². The average molecular weight is 331 g/mol. The standard InChI is InChI=1S/C16H21N5O3/c22-12-4-3-9-21(10-12)11-14(23)18-8-6-15-19-16(20-24-15)13-5-1-2-7-17-13/h1-2,5,7,12,22H,3-4,6,8-11H2,(H,18,23)/t12-/m1/s1. The van der Waals surface area contributed by atoms with E-state index >= 15 is 0 Å². The number of likely N-dealkylation sites (tertiary alicyclic amines) is 1. The molecule has 3 rings (SSSR count). The smallest absolute Gasteiger partial charge is 0.234 e. The van der Waals surface area contributed by atoms with E-state index in [1.807, 2.05) is 23.1 Å². The first-order chi connectivity index (χ1) is 11.7. The molecular weight excluding hydrogens is 310 g/mol. The molecule has 128 valence electrons. The minimum atomic E-state index is -0.324. The van der Waals surface area contributed by atoms with E-state index in [9.17, 15) is 9.90 Å². The second kappa shape index (κ2) is 7.98. The summed E-state index contributed by atoms with van der Waals surface area (Å²) in [4.78, 5) is 22.3. The van der Waals surface area contributed by atoms with Gasteiger partial charge in [-0.2, -0.15) is 4.98 Å². The molecule has 8 heteroatoms. The average Bonchev–Trinajstić information content (AvgIpc) is 3.04. The summed E-state index contributed by atoms with van der Waals surface area (Å²) in [6.45, 7) is 2.14. The number of aliphatic hydroxyl groups is 1. The Labute approximate surface area is 139 Å². The highest BCUT2D eigenvalue weighted by Crippen LogP contribution is 2.12. The molecule has 1 amide bonds. The molecule has 0 aromatic carbocycles. The summed E-state index contributed by atoms with van der Waals surface area (Å²) in [5.74, 6) is 0.845. The molecular formula is C16H21N5O3. The Balaban J connectivity index is 1.42. The molecule has 2 aromatic heterocycles. The van der Waals surface area contributed by atoms with Crippen molar-refractivity contribution in [1.82, 2.24) is 25.3 Å². The molecule has 1 fully saturated rings. The number of rotatable bonds is 6. The first kappa shape index (κ1) is 16.5. The quantitative estimate of drug-likeness (QED) is 0.781. The van der Waals surface area contributed by atoms with Crippen LogP contribution in [-0.2, 0) is 11.2 Å². The zero-order chi connectivity index (χ0) is 16.8. The lowest BCUT2D eigenvalue weighted by atomic mass is 10.1. The van der Waals surface area contributed by atoms with E-state index in [4.69, 9.17) is 4.52 Å². The Morgan fingerprint density at radius 3 is 3.17 bits per heavy atom. The number of hydrogen-bond donors (Lipinski definition) is 2. The van der Waals surface area contributed by atoms with E-state index in [-0.39, 0.29) is 12.0 Å². The van der Waals surface area contributed by atoms with Crippen LogP contribution < -0.4 is 5.32 Å². The molecule has 0 spiro atoms. The van der Waals surface area contributed by atoms with Crippen LogP contribution in [0.3, 0.4) is 0 Å². The number of nitrogens with one attached hydrogen (secondary N) is 1. The number of amides is 1. The maximum atomic E-state index is 11.9. The number of aliphatic hydroxyl groups excluding tert-OH is 1. The van der Waals surface area contributed by atoms with Gasteiger partial charge in [0, 0.05) is 25.7 Å². The van der Waals surface area contributed by atoms with Crippen LogP contribution in [0.5, 0.6) is 0 Å². The lowest BCUT2D eigenvalue weighted by Crippen LogP contribution is -2.44. The summed E-state index contributed by atoms with van der Waals surface area (Å²) in [5, 5.41) is 16.3. The molecule has 0 saturated carbocycles. The molecule has 0 aliphatic carbocycles. The Hall–Kier alpha value is -2.32. The number of carbonyl (C=O) groups excluding carboxylic acids is 1. The molecule has 24 heavy (non-hydrogen) atoms. The topological polar surface area (TPSA) is 104 Å². The minimum absolute atomic E-state index is 0.0615. The maximum absolute atomic E-state index is 11.9. The van der Waals surface area contributed by atoms with Crippen LogP contribution in [0.4, 0.5) is 0 Å². The van der Waals surface area contributed by atoms with Crippen LogP contribution >= 0.6 is 0 Å². The van der Waals surface area contributed by atoms with Crippen LogP contribution in [-0.4, -0.2) is 63.3 Å². The highest BCUT2D eigenvalue weighted by atomic mass is 16.5. The van der Waals surface area contributed by atoms with E-state index in [0.717, 1.165) is 19.4 Å². The Morgan fingerprint density at radius 1 is 1.46 bits per heavy atom. The number of piperidine rings is 1. The van der Waals surface area contributed by atoms with Gasteiger partial charge in [-0.25, -0.2) is 0 Å². The normalized spacial score (nSPS) is 18.5. The van der Waals surface area contributed by atoms with Crippen LogP contribution in [0, 0.1) is 0 Å². The van der Waals surface area contributed by atoms with Crippen molar-refractivity contribution in [2.75, 3.05) is 26.2 Å². The fourth-order valence-corrected chi connectivity index (χ4v) is 2.70. The lowest BCUT2D eigenvalue weighted by molar-refractivity contribution is -0.122. The molecule has 0 unspecified atom stereocenters.